The van der Waals surface area contributed by atoms with Crippen LogP contribution in [0.25, 0.3) is 27.9 Å². The second-order valence-electron chi connectivity index (χ2n) is 7.53. The summed E-state index contributed by atoms with van der Waals surface area (Å²) in [4.78, 5) is 17.5. The molecule has 0 atom stereocenters. The molecule has 0 aliphatic heterocycles. The molecule has 0 bridgehead atoms. The maximum Gasteiger partial charge on any atom is 0.234 e. The number of amides is 1. The average molecular weight is 456 g/mol. The largest absolute Gasteiger partial charge is 0.497 e. The summed E-state index contributed by atoms with van der Waals surface area (Å²) in [5.74, 6) is 1.56. The molecule has 5 aromatic rings. The summed E-state index contributed by atoms with van der Waals surface area (Å²) in [7, 11) is 1.64. The molecule has 0 radical (unpaired) electrons. The molecule has 3 aromatic carbocycles. The van der Waals surface area contributed by atoms with Gasteiger partial charge in [-0.25, -0.2) is 4.98 Å². The number of nitrogens with one attached hydrogen (secondary N) is 1. The zero-order valence-electron chi connectivity index (χ0n) is 18.1. The molecule has 33 heavy (non-hydrogen) atoms. The van der Waals surface area contributed by atoms with E-state index in [2.05, 4.69) is 15.5 Å². The molecule has 2 heterocycles. The van der Waals surface area contributed by atoms with Crippen LogP contribution in [0.15, 0.2) is 78.0 Å². The Morgan fingerprint density at radius 2 is 1.85 bits per heavy atom. The highest BCUT2D eigenvalue weighted by Gasteiger charge is 2.18. The first-order valence-electron chi connectivity index (χ1n) is 10.4. The Labute approximate surface area is 194 Å². The Morgan fingerprint density at radius 1 is 1.03 bits per heavy atom. The van der Waals surface area contributed by atoms with Crippen molar-refractivity contribution >= 4 is 39.9 Å². The van der Waals surface area contributed by atoms with Crippen molar-refractivity contribution in [3.05, 3.63) is 78.4 Å². The van der Waals surface area contributed by atoms with Crippen molar-refractivity contribution in [1.82, 2.24) is 19.6 Å². The van der Waals surface area contributed by atoms with Crippen LogP contribution in [0.4, 0.5) is 5.69 Å². The molecule has 0 aliphatic rings. The highest BCUT2D eigenvalue weighted by atomic mass is 32.2. The fourth-order valence-corrected chi connectivity index (χ4v) is 4.37. The van der Waals surface area contributed by atoms with Gasteiger partial charge >= 0.3 is 0 Å². The first-order valence-corrected chi connectivity index (χ1v) is 11.4. The van der Waals surface area contributed by atoms with Crippen molar-refractivity contribution in [3.8, 4) is 17.1 Å². The number of carbonyl (C=O) groups is 1. The third kappa shape index (κ3) is 4.25. The lowest BCUT2D eigenvalue weighted by Gasteiger charge is -2.10. The molecule has 0 aliphatic carbocycles. The summed E-state index contributed by atoms with van der Waals surface area (Å²) in [6, 6.07) is 23.2. The molecule has 5 rings (SSSR count). The monoisotopic (exact) mass is 455 g/mol. The number of methoxy groups -OCH3 is 1. The van der Waals surface area contributed by atoms with Gasteiger partial charge in [-0.15, -0.1) is 10.2 Å². The number of ether oxygens (including phenoxy) is 1. The fourth-order valence-electron chi connectivity index (χ4n) is 3.64. The van der Waals surface area contributed by atoms with Gasteiger partial charge in [-0.05, 0) is 61.0 Å². The first kappa shape index (κ1) is 21.0. The van der Waals surface area contributed by atoms with Crippen LogP contribution < -0.4 is 10.1 Å². The maximum atomic E-state index is 12.6. The van der Waals surface area contributed by atoms with E-state index in [9.17, 15) is 4.79 Å². The zero-order valence-corrected chi connectivity index (χ0v) is 19.0. The van der Waals surface area contributed by atoms with Gasteiger partial charge in [0.05, 0.1) is 18.4 Å². The predicted molar refractivity (Wildman–Crippen MR) is 131 cm³/mol. The molecule has 0 unspecified atom stereocenters. The fraction of sp³-hybridized carbons (Fsp3) is 0.120. The molecule has 1 amide bonds. The molecule has 0 fully saturated rings. The third-order valence-corrected chi connectivity index (χ3v) is 6.13. The predicted octanol–water partition coefficient (Wildman–Crippen LogP) is 4.99. The van der Waals surface area contributed by atoms with Gasteiger partial charge in [0.2, 0.25) is 5.91 Å². The standard InChI is InChI=1S/C25H21N5O2S/c1-16-6-5-7-18(14-16)26-22(31)15-33-25-29-28-24-20-8-3-4-9-21(20)27-23(30(24)25)17-10-12-19(32-2)13-11-17/h3-14H,15H2,1-2H3,(H,26,31). The molecular formula is C25H21N5O2S. The number of aryl methyl sites for hydroxylation is 1. The van der Waals surface area contributed by atoms with Gasteiger partial charge in [0.15, 0.2) is 10.8 Å². The van der Waals surface area contributed by atoms with E-state index in [0.29, 0.717) is 16.6 Å². The minimum Gasteiger partial charge on any atom is -0.497 e. The van der Waals surface area contributed by atoms with Crippen molar-refractivity contribution in [2.75, 3.05) is 18.2 Å². The lowest BCUT2D eigenvalue weighted by Crippen LogP contribution is -2.14. The van der Waals surface area contributed by atoms with Gasteiger partial charge in [0.1, 0.15) is 11.6 Å². The van der Waals surface area contributed by atoms with Crippen molar-refractivity contribution in [3.63, 3.8) is 0 Å². The van der Waals surface area contributed by atoms with Gasteiger partial charge in [0.25, 0.3) is 0 Å². The number of hydrogen-bond acceptors (Lipinski definition) is 6. The van der Waals surface area contributed by atoms with Gasteiger partial charge in [-0.1, -0.05) is 36.0 Å². The summed E-state index contributed by atoms with van der Waals surface area (Å²) >= 11 is 1.33. The molecule has 0 saturated carbocycles. The van der Waals surface area contributed by atoms with E-state index in [-0.39, 0.29) is 11.7 Å². The van der Waals surface area contributed by atoms with E-state index in [4.69, 9.17) is 9.72 Å². The maximum absolute atomic E-state index is 12.6. The topological polar surface area (TPSA) is 81.4 Å². The van der Waals surface area contributed by atoms with E-state index in [1.54, 1.807) is 7.11 Å². The molecular weight excluding hydrogens is 434 g/mol. The molecule has 7 nitrogen and oxygen atoms in total. The lowest BCUT2D eigenvalue weighted by atomic mass is 10.1. The summed E-state index contributed by atoms with van der Waals surface area (Å²) in [5.41, 5.74) is 4.30. The minimum absolute atomic E-state index is 0.109. The number of para-hydroxylation sites is 1. The van der Waals surface area contributed by atoms with E-state index in [1.165, 1.54) is 11.8 Å². The number of fused-ring (bicyclic) bond motifs is 3. The van der Waals surface area contributed by atoms with E-state index in [0.717, 1.165) is 33.5 Å². The van der Waals surface area contributed by atoms with Gasteiger partial charge in [-0.3, -0.25) is 9.20 Å². The third-order valence-electron chi connectivity index (χ3n) is 5.20. The molecule has 0 saturated heterocycles. The van der Waals surface area contributed by atoms with Crippen LogP contribution in [0.2, 0.25) is 0 Å². The Hall–Kier alpha value is -3.91. The number of carbonyl (C=O) groups excluding carboxylic acids is 1. The zero-order chi connectivity index (χ0) is 22.8. The Kier molecular flexibility index (Phi) is 5.66. The van der Waals surface area contributed by atoms with Crippen LogP contribution in [-0.2, 0) is 4.79 Å². The van der Waals surface area contributed by atoms with Crippen molar-refractivity contribution < 1.29 is 9.53 Å². The summed E-state index contributed by atoms with van der Waals surface area (Å²) < 4.78 is 7.20. The number of rotatable bonds is 6. The average Bonchev–Trinajstić information content (AvgIpc) is 3.27. The van der Waals surface area contributed by atoms with Gasteiger partial charge < -0.3 is 10.1 Å². The summed E-state index contributed by atoms with van der Waals surface area (Å²) in [5, 5.41) is 13.3. The number of thioether (sulfide) groups is 1. The molecule has 164 valence electrons. The van der Waals surface area contributed by atoms with Crippen LogP contribution in [0, 0.1) is 6.92 Å². The van der Waals surface area contributed by atoms with Crippen LogP contribution >= 0.6 is 11.8 Å². The van der Waals surface area contributed by atoms with E-state index in [1.807, 2.05) is 84.1 Å². The molecule has 8 heteroatoms. The number of aromatic nitrogens is 4. The Balaban J connectivity index is 1.51. The van der Waals surface area contributed by atoms with Gasteiger partial charge in [0, 0.05) is 16.6 Å². The van der Waals surface area contributed by atoms with Crippen LogP contribution in [0.3, 0.4) is 0 Å². The quantitative estimate of drug-likeness (QED) is 0.363. The number of hydrogen-bond donors (Lipinski definition) is 1. The van der Waals surface area contributed by atoms with E-state index < -0.39 is 0 Å². The SMILES string of the molecule is COc1ccc(-c2nc3ccccc3c3nnc(SCC(=O)Nc4cccc(C)c4)n23)cc1. The van der Waals surface area contributed by atoms with Crippen molar-refractivity contribution in [2.24, 2.45) is 0 Å². The normalized spacial score (nSPS) is 11.1. The van der Waals surface area contributed by atoms with Crippen LogP contribution in [0.5, 0.6) is 5.75 Å². The summed E-state index contributed by atoms with van der Waals surface area (Å²) in [6.07, 6.45) is 0. The van der Waals surface area contributed by atoms with Gasteiger partial charge in [-0.2, -0.15) is 0 Å². The Morgan fingerprint density at radius 3 is 2.64 bits per heavy atom. The lowest BCUT2D eigenvalue weighted by molar-refractivity contribution is -0.113. The highest BCUT2D eigenvalue weighted by Crippen LogP contribution is 2.30. The molecule has 2 aromatic heterocycles. The van der Waals surface area contributed by atoms with E-state index >= 15 is 0 Å². The first-order chi connectivity index (χ1) is 16.1. The number of nitrogens with zero attached hydrogens (tertiary/aromatic N) is 4. The molecule has 1 N–H and O–H groups in total. The van der Waals surface area contributed by atoms with Crippen LogP contribution in [0.1, 0.15) is 5.56 Å². The summed E-state index contributed by atoms with van der Waals surface area (Å²) in [6.45, 7) is 1.99. The highest BCUT2D eigenvalue weighted by molar-refractivity contribution is 7.99. The number of anilines is 1. The minimum atomic E-state index is -0.109. The second-order valence-corrected chi connectivity index (χ2v) is 8.47. The van der Waals surface area contributed by atoms with Crippen molar-refractivity contribution in [1.29, 1.82) is 0 Å². The van der Waals surface area contributed by atoms with Crippen LogP contribution in [-0.4, -0.2) is 38.4 Å². The van der Waals surface area contributed by atoms with Crippen molar-refractivity contribution in [2.45, 2.75) is 12.1 Å². The molecule has 0 spiro atoms. The number of benzene rings is 3. The smallest absolute Gasteiger partial charge is 0.234 e. The Bertz CT molecular complexity index is 1460. The second kappa shape index (κ2) is 8.91.